The maximum atomic E-state index is 13.6. The first-order chi connectivity index (χ1) is 11.6. The fourth-order valence-electron chi connectivity index (χ4n) is 2.82. The molecule has 0 unspecified atom stereocenters. The Balaban J connectivity index is 1.61. The predicted molar refractivity (Wildman–Crippen MR) is 87.8 cm³/mol. The van der Waals surface area contributed by atoms with Crippen molar-refractivity contribution in [2.45, 2.75) is 25.8 Å². The van der Waals surface area contributed by atoms with Crippen molar-refractivity contribution in [3.8, 4) is 0 Å². The van der Waals surface area contributed by atoms with Crippen LogP contribution in [0.4, 0.5) is 14.6 Å². The Hall–Kier alpha value is -2.50. The third kappa shape index (κ3) is 3.69. The highest BCUT2D eigenvalue weighted by atomic mass is 19.1. The second kappa shape index (κ2) is 7.38. The second-order valence-electron chi connectivity index (χ2n) is 5.85. The Kier molecular flexibility index (Phi) is 5.03. The fourth-order valence-corrected chi connectivity index (χ4v) is 2.82. The van der Waals surface area contributed by atoms with Gasteiger partial charge in [-0.15, -0.1) is 0 Å². The lowest BCUT2D eigenvalue weighted by molar-refractivity contribution is 0.0942. The summed E-state index contributed by atoms with van der Waals surface area (Å²) < 4.78 is 27.1. The summed E-state index contributed by atoms with van der Waals surface area (Å²) >= 11 is 0. The van der Waals surface area contributed by atoms with Gasteiger partial charge in [-0.2, -0.15) is 0 Å². The van der Waals surface area contributed by atoms with Crippen LogP contribution < -0.4 is 10.2 Å². The standard InChI is InChI=1S/C18H19F2N3O/c19-14-5-4-6-15(20)17(14)18(24)22-12-13-7-8-16(21-11-13)23-9-2-1-3-10-23/h4-8,11H,1-3,9-10,12H2,(H,22,24). The lowest BCUT2D eigenvalue weighted by atomic mass is 10.1. The van der Waals surface area contributed by atoms with Gasteiger partial charge in [0.15, 0.2) is 0 Å². The van der Waals surface area contributed by atoms with Crippen molar-refractivity contribution in [2.24, 2.45) is 0 Å². The van der Waals surface area contributed by atoms with E-state index >= 15 is 0 Å². The van der Waals surface area contributed by atoms with Gasteiger partial charge in [0.25, 0.3) is 5.91 Å². The van der Waals surface area contributed by atoms with E-state index in [2.05, 4.69) is 15.2 Å². The molecule has 1 N–H and O–H groups in total. The van der Waals surface area contributed by atoms with Gasteiger partial charge in [-0.25, -0.2) is 13.8 Å². The number of benzene rings is 1. The molecule has 2 aromatic rings. The van der Waals surface area contributed by atoms with Crippen LogP contribution in [0.25, 0.3) is 0 Å². The molecule has 1 amide bonds. The molecule has 0 bridgehead atoms. The van der Waals surface area contributed by atoms with E-state index in [4.69, 9.17) is 0 Å². The number of nitrogens with one attached hydrogen (secondary N) is 1. The highest BCUT2D eigenvalue weighted by Crippen LogP contribution is 2.17. The maximum Gasteiger partial charge on any atom is 0.257 e. The number of piperidine rings is 1. The molecule has 4 nitrogen and oxygen atoms in total. The van der Waals surface area contributed by atoms with E-state index in [-0.39, 0.29) is 6.54 Å². The van der Waals surface area contributed by atoms with E-state index < -0.39 is 23.1 Å². The summed E-state index contributed by atoms with van der Waals surface area (Å²) in [5.41, 5.74) is 0.219. The minimum atomic E-state index is -0.869. The highest BCUT2D eigenvalue weighted by Gasteiger charge is 2.17. The lowest BCUT2D eigenvalue weighted by Gasteiger charge is -2.27. The molecule has 6 heteroatoms. The van der Waals surface area contributed by atoms with Gasteiger partial charge in [0.2, 0.25) is 0 Å². The van der Waals surface area contributed by atoms with Crippen molar-refractivity contribution < 1.29 is 13.6 Å². The van der Waals surface area contributed by atoms with Crippen LogP contribution in [0, 0.1) is 11.6 Å². The molecule has 126 valence electrons. The number of carbonyl (C=O) groups excluding carboxylic acids is 1. The highest BCUT2D eigenvalue weighted by molar-refractivity contribution is 5.94. The van der Waals surface area contributed by atoms with Crippen molar-refractivity contribution in [3.05, 3.63) is 59.3 Å². The largest absolute Gasteiger partial charge is 0.357 e. The van der Waals surface area contributed by atoms with Gasteiger partial charge < -0.3 is 10.2 Å². The third-order valence-electron chi connectivity index (χ3n) is 4.13. The molecule has 1 saturated heterocycles. The zero-order valence-corrected chi connectivity index (χ0v) is 13.3. The Bertz CT molecular complexity index is 692. The summed E-state index contributed by atoms with van der Waals surface area (Å²) in [5, 5.41) is 2.52. The number of pyridine rings is 1. The number of carbonyl (C=O) groups is 1. The number of halogens is 2. The van der Waals surface area contributed by atoms with Gasteiger partial charge in [0.05, 0.1) is 0 Å². The van der Waals surface area contributed by atoms with E-state index in [9.17, 15) is 13.6 Å². The molecule has 1 aliphatic heterocycles. The van der Waals surface area contributed by atoms with Crippen molar-refractivity contribution in [1.29, 1.82) is 0 Å². The first-order valence-corrected chi connectivity index (χ1v) is 8.07. The topological polar surface area (TPSA) is 45.2 Å². The number of anilines is 1. The number of amides is 1. The molecule has 1 aromatic heterocycles. The molecule has 1 fully saturated rings. The zero-order valence-electron chi connectivity index (χ0n) is 13.3. The molecule has 0 saturated carbocycles. The number of hydrogen-bond donors (Lipinski definition) is 1. The second-order valence-corrected chi connectivity index (χ2v) is 5.85. The molecular weight excluding hydrogens is 312 g/mol. The van der Waals surface area contributed by atoms with Crippen LogP contribution in [-0.4, -0.2) is 24.0 Å². The number of hydrogen-bond acceptors (Lipinski definition) is 3. The summed E-state index contributed by atoms with van der Waals surface area (Å²) in [6.45, 7) is 2.19. The molecular formula is C18H19F2N3O. The van der Waals surface area contributed by atoms with Crippen molar-refractivity contribution in [1.82, 2.24) is 10.3 Å². The van der Waals surface area contributed by atoms with Crippen molar-refractivity contribution in [2.75, 3.05) is 18.0 Å². The van der Waals surface area contributed by atoms with Crippen molar-refractivity contribution in [3.63, 3.8) is 0 Å². The summed E-state index contributed by atoms with van der Waals surface area (Å²) in [7, 11) is 0. The van der Waals surface area contributed by atoms with E-state index in [1.807, 2.05) is 12.1 Å². The van der Waals surface area contributed by atoms with E-state index in [0.717, 1.165) is 36.6 Å². The normalized spacial score (nSPS) is 14.5. The third-order valence-corrected chi connectivity index (χ3v) is 4.13. The van der Waals surface area contributed by atoms with Crippen LogP contribution in [0.5, 0.6) is 0 Å². The molecule has 1 aromatic carbocycles. The summed E-state index contributed by atoms with van der Waals surface area (Å²) in [5.74, 6) is -1.59. The predicted octanol–water partition coefficient (Wildman–Crippen LogP) is 3.28. The molecule has 24 heavy (non-hydrogen) atoms. The Morgan fingerprint density at radius 3 is 2.42 bits per heavy atom. The van der Waals surface area contributed by atoms with Gasteiger partial charge in [-0.3, -0.25) is 4.79 Å². The molecule has 2 heterocycles. The summed E-state index contributed by atoms with van der Waals surface area (Å²) in [4.78, 5) is 18.6. The SMILES string of the molecule is O=C(NCc1ccc(N2CCCCC2)nc1)c1c(F)cccc1F. The molecule has 1 aliphatic rings. The van der Waals surface area contributed by atoms with Crippen LogP contribution in [-0.2, 0) is 6.54 Å². The van der Waals surface area contributed by atoms with Crippen LogP contribution in [0.1, 0.15) is 35.2 Å². The smallest absolute Gasteiger partial charge is 0.257 e. The zero-order chi connectivity index (χ0) is 16.9. The fraction of sp³-hybridized carbons (Fsp3) is 0.333. The Morgan fingerprint density at radius 1 is 1.08 bits per heavy atom. The molecule has 3 rings (SSSR count). The van der Waals surface area contributed by atoms with Crippen LogP contribution in [0.3, 0.4) is 0 Å². The molecule has 0 radical (unpaired) electrons. The van der Waals surface area contributed by atoms with Gasteiger partial charge in [0.1, 0.15) is 23.0 Å². The van der Waals surface area contributed by atoms with Gasteiger partial charge in [-0.1, -0.05) is 12.1 Å². The first kappa shape index (κ1) is 16.4. The number of rotatable bonds is 4. The van der Waals surface area contributed by atoms with E-state index in [1.165, 1.54) is 25.3 Å². The van der Waals surface area contributed by atoms with E-state index in [1.54, 1.807) is 6.20 Å². The molecule has 0 atom stereocenters. The van der Waals surface area contributed by atoms with Gasteiger partial charge in [0, 0.05) is 25.8 Å². The van der Waals surface area contributed by atoms with Crippen LogP contribution in [0.2, 0.25) is 0 Å². The quantitative estimate of drug-likeness (QED) is 0.935. The number of aromatic nitrogens is 1. The van der Waals surface area contributed by atoms with Crippen LogP contribution >= 0.6 is 0 Å². The first-order valence-electron chi connectivity index (χ1n) is 8.07. The lowest BCUT2D eigenvalue weighted by Crippen LogP contribution is -2.30. The average Bonchev–Trinajstić information content (AvgIpc) is 2.61. The van der Waals surface area contributed by atoms with E-state index in [0.29, 0.717) is 0 Å². The van der Waals surface area contributed by atoms with Crippen molar-refractivity contribution >= 4 is 11.7 Å². The Labute approximate surface area is 139 Å². The minimum absolute atomic E-state index is 0.167. The van der Waals surface area contributed by atoms with Gasteiger partial charge >= 0.3 is 0 Å². The molecule has 0 aliphatic carbocycles. The summed E-state index contributed by atoms with van der Waals surface area (Å²) in [6, 6.07) is 7.13. The Morgan fingerprint density at radius 2 is 1.79 bits per heavy atom. The summed E-state index contributed by atoms with van der Waals surface area (Å²) in [6.07, 6.45) is 5.29. The minimum Gasteiger partial charge on any atom is -0.357 e. The monoisotopic (exact) mass is 331 g/mol. The molecule has 0 spiro atoms. The average molecular weight is 331 g/mol. The number of nitrogens with zero attached hydrogens (tertiary/aromatic N) is 2. The van der Waals surface area contributed by atoms with Gasteiger partial charge in [-0.05, 0) is 43.0 Å². The maximum absolute atomic E-state index is 13.6. The van der Waals surface area contributed by atoms with Crippen LogP contribution in [0.15, 0.2) is 36.5 Å².